The van der Waals surface area contributed by atoms with Crippen LogP contribution in [-0.4, -0.2) is 117 Å². The molecular weight excluding hydrogens is 684 g/mol. The molecule has 13 heteroatoms. The van der Waals surface area contributed by atoms with Crippen LogP contribution in [0.5, 0.6) is 0 Å². The Morgan fingerprint density at radius 3 is 1.42 bits per heavy atom. The van der Waals surface area contributed by atoms with Crippen LogP contribution in [0, 0.1) is 0 Å². The van der Waals surface area contributed by atoms with Crippen molar-refractivity contribution >= 4 is 28.8 Å². The number of methoxy groups -OCH3 is 2. The van der Waals surface area contributed by atoms with Crippen molar-refractivity contribution in [2.45, 2.75) is 140 Å². The largest absolute Gasteiger partial charge is 0.394 e. The Labute approximate surface area is 302 Å². The summed E-state index contributed by atoms with van der Waals surface area (Å²) in [6.07, 6.45) is -4.25. The Morgan fingerprint density at radius 1 is 0.720 bits per heavy atom. The predicted molar refractivity (Wildman–Crippen MR) is 192 cm³/mol. The van der Waals surface area contributed by atoms with Crippen molar-refractivity contribution in [2.75, 3.05) is 20.8 Å². The zero-order chi connectivity index (χ0) is 37.1. The van der Waals surface area contributed by atoms with E-state index < -0.39 is 56.0 Å². The fraction of sp³-hybridized carbons (Fsp3) is 0.676. The number of aliphatic hydroxyl groups is 3. The van der Waals surface area contributed by atoms with Crippen LogP contribution >= 0.6 is 11.1 Å². The van der Waals surface area contributed by atoms with Crippen LogP contribution in [0.15, 0.2) is 60.7 Å². The van der Waals surface area contributed by atoms with E-state index in [-0.39, 0.29) is 36.1 Å². The highest BCUT2D eigenvalue weighted by molar-refractivity contribution is 7.35. The maximum absolute atomic E-state index is 9.83. The van der Waals surface area contributed by atoms with Gasteiger partial charge >= 0.3 is 0 Å². The van der Waals surface area contributed by atoms with Crippen molar-refractivity contribution in [3.05, 3.63) is 60.7 Å². The minimum atomic E-state index is -2.23. The molecule has 0 bridgehead atoms. The van der Waals surface area contributed by atoms with Crippen molar-refractivity contribution in [1.82, 2.24) is 0 Å². The van der Waals surface area contributed by atoms with Gasteiger partial charge in [0.2, 0.25) is 7.38 Å². The van der Waals surface area contributed by atoms with Gasteiger partial charge in [0.15, 0.2) is 24.2 Å². The third-order valence-corrected chi connectivity index (χ3v) is 16.7. The van der Waals surface area contributed by atoms with Crippen LogP contribution in [0.3, 0.4) is 0 Å². The molecule has 10 atom stereocenters. The topological polar surface area (TPSA) is 135 Å². The molecule has 0 aromatic heterocycles. The number of hydrogen-bond acceptors (Lipinski definition) is 11. The monoisotopic (exact) mass is 740 g/mol. The van der Waals surface area contributed by atoms with Gasteiger partial charge in [-0.2, -0.15) is 11.1 Å². The van der Waals surface area contributed by atoms with Gasteiger partial charge < -0.3 is 53.2 Å². The zero-order valence-corrected chi connectivity index (χ0v) is 32.7. The van der Waals surface area contributed by atoms with E-state index in [2.05, 4.69) is 69.3 Å². The lowest BCUT2D eigenvalue weighted by atomic mass is 10.0. The summed E-state index contributed by atoms with van der Waals surface area (Å²) in [5.41, 5.74) is 0. The second kappa shape index (κ2) is 16.7. The molecule has 0 radical (unpaired) electrons. The van der Waals surface area contributed by atoms with Crippen LogP contribution in [0.1, 0.15) is 61.8 Å². The number of ether oxygens (including phenoxy) is 8. The van der Waals surface area contributed by atoms with Crippen LogP contribution in [-0.2, 0) is 37.9 Å². The third kappa shape index (κ3) is 8.99. The smallest absolute Gasteiger partial charge is 0.222 e. The standard InChI is InChI=1S/C16H19ClSi.C11H20O5.C10H18O6/c1-16(2,3)18(17,14-10-6-4-7-11-14)15-12-8-5-9-13-15;1-5-6(12)7-8(13-4)9-10(14-7)16-11(2,3)15-9;1-10(2)15-8-7(13-3)6(5(12)4-11)14-9(8)16-10/h4-13H,1-3H3;6-10,12H,5H2,1-4H3;5-9,11-12H,4H2,1-3H3/t;6-,7-,8-,9-,10-;5-,6-,7-,8-,9-/m.11/s1. The molecular formula is C37H57ClO11Si. The van der Waals surface area contributed by atoms with Gasteiger partial charge in [0, 0.05) is 14.2 Å². The molecule has 2 aromatic rings. The molecule has 3 N–H and O–H groups in total. The first-order valence-corrected chi connectivity index (χ1v) is 20.3. The van der Waals surface area contributed by atoms with E-state index in [1.54, 1.807) is 21.0 Å². The summed E-state index contributed by atoms with van der Waals surface area (Å²) in [5.74, 6) is -1.35. The van der Waals surface area contributed by atoms with Gasteiger partial charge in [0.25, 0.3) is 0 Å². The summed E-state index contributed by atoms with van der Waals surface area (Å²) in [6, 6.07) is 21.1. The van der Waals surface area contributed by atoms with E-state index in [1.807, 2.05) is 32.9 Å². The Bertz CT molecular complexity index is 1240. The highest BCUT2D eigenvalue weighted by Gasteiger charge is 2.57. The van der Waals surface area contributed by atoms with Gasteiger partial charge in [-0.3, -0.25) is 0 Å². The molecule has 4 aliphatic rings. The van der Waals surface area contributed by atoms with Crippen LogP contribution in [0.4, 0.5) is 0 Å². The van der Waals surface area contributed by atoms with E-state index in [0.717, 1.165) is 0 Å². The van der Waals surface area contributed by atoms with Crippen molar-refractivity contribution in [3.8, 4) is 0 Å². The minimum absolute atomic E-state index is 0.0667. The fourth-order valence-corrected chi connectivity index (χ4v) is 11.0. The molecule has 11 nitrogen and oxygen atoms in total. The predicted octanol–water partition coefficient (Wildman–Crippen LogP) is 3.66. The van der Waals surface area contributed by atoms with E-state index in [4.69, 9.17) is 54.1 Å². The molecule has 0 spiro atoms. The van der Waals surface area contributed by atoms with Crippen molar-refractivity contribution in [1.29, 1.82) is 0 Å². The number of rotatable bonds is 8. The molecule has 0 aliphatic carbocycles. The molecule has 0 unspecified atom stereocenters. The quantitative estimate of drug-likeness (QED) is 0.271. The van der Waals surface area contributed by atoms with Crippen LogP contribution in [0.25, 0.3) is 0 Å². The number of fused-ring (bicyclic) bond motifs is 2. The number of halogens is 1. The van der Waals surface area contributed by atoms with Crippen molar-refractivity contribution in [2.24, 2.45) is 0 Å². The first-order valence-electron chi connectivity index (χ1n) is 17.3. The minimum Gasteiger partial charge on any atom is -0.394 e. The highest BCUT2D eigenvalue weighted by Crippen LogP contribution is 2.41. The van der Waals surface area contributed by atoms with Crippen molar-refractivity contribution < 1.29 is 53.2 Å². The number of hydrogen-bond donors (Lipinski definition) is 3. The maximum atomic E-state index is 9.83. The van der Waals surface area contributed by atoms with E-state index in [1.165, 1.54) is 17.5 Å². The SMILES string of the molecule is CC(C)(C)[Si](Cl)(c1ccccc1)c1ccccc1.CC[C@@H](O)[C@H]1O[C@@H]2OC(C)(C)O[C@@H]2[C@@H]1OC.CO[C@H]1[C@H]2OC(C)(C)O[C@H]2O[C@@H]1[C@H](O)CO. The Balaban J connectivity index is 0.000000169. The van der Waals surface area contributed by atoms with E-state index in [9.17, 15) is 10.2 Å². The number of benzene rings is 2. The second-order valence-corrected chi connectivity index (χ2v) is 20.6. The summed E-state index contributed by atoms with van der Waals surface area (Å²) < 4.78 is 44.2. The molecule has 0 amide bonds. The number of aliphatic hydroxyl groups excluding tert-OH is 3. The first kappa shape index (κ1) is 41.3. The molecule has 4 saturated heterocycles. The van der Waals surface area contributed by atoms with Crippen LogP contribution < -0.4 is 10.4 Å². The lowest BCUT2D eigenvalue weighted by molar-refractivity contribution is -0.229. The van der Waals surface area contributed by atoms with Gasteiger partial charge in [-0.05, 0) is 49.5 Å². The fourth-order valence-electron chi connectivity index (χ4n) is 6.87. The van der Waals surface area contributed by atoms with Crippen molar-refractivity contribution in [3.63, 3.8) is 0 Å². The summed E-state index contributed by atoms with van der Waals surface area (Å²) in [7, 11) is 0.883. The average Bonchev–Trinajstić information content (AvgIpc) is 3.78. The van der Waals surface area contributed by atoms with Gasteiger partial charge in [-0.15, -0.1) is 0 Å². The average molecular weight is 741 g/mol. The normalized spacial score (nSPS) is 32.2. The highest BCUT2D eigenvalue weighted by atomic mass is 35.6. The van der Waals surface area contributed by atoms with Gasteiger partial charge in [0.1, 0.15) is 42.7 Å². The molecule has 0 saturated carbocycles. The molecule has 4 aliphatic heterocycles. The summed E-state index contributed by atoms with van der Waals surface area (Å²) in [6.45, 7) is 15.5. The first-order chi connectivity index (χ1) is 23.4. The Kier molecular flexibility index (Phi) is 13.8. The molecule has 2 aromatic carbocycles. The third-order valence-electron chi connectivity index (χ3n) is 9.34. The van der Waals surface area contributed by atoms with Gasteiger partial charge in [-0.25, -0.2) is 0 Å². The lowest BCUT2D eigenvalue weighted by Crippen LogP contribution is -2.59. The molecule has 6 rings (SSSR count). The van der Waals surface area contributed by atoms with Crippen LogP contribution in [0.2, 0.25) is 5.04 Å². The van der Waals surface area contributed by atoms with E-state index >= 15 is 0 Å². The lowest BCUT2D eigenvalue weighted by Gasteiger charge is -2.38. The summed E-state index contributed by atoms with van der Waals surface area (Å²) in [5, 5.41) is 30.9. The molecule has 282 valence electrons. The van der Waals surface area contributed by atoms with E-state index in [0.29, 0.717) is 6.42 Å². The summed E-state index contributed by atoms with van der Waals surface area (Å²) in [4.78, 5) is 0. The summed E-state index contributed by atoms with van der Waals surface area (Å²) >= 11 is 7.21. The maximum Gasteiger partial charge on any atom is 0.222 e. The molecule has 4 heterocycles. The molecule has 4 fully saturated rings. The Morgan fingerprint density at radius 2 is 1.10 bits per heavy atom. The van der Waals surface area contributed by atoms with Gasteiger partial charge in [0.05, 0.1) is 12.7 Å². The Hall–Kier alpha value is -1.49. The molecule has 50 heavy (non-hydrogen) atoms. The second-order valence-electron chi connectivity index (χ2n) is 14.9. The zero-order valence-electron chi connectivity index (χ0n) is 30.9. The van der Waals surface area contributed by atoms with Gasteiger partial charge in [-0.1, -0.05) is 88.4 Å².